The van der Waals surface area contributed by atoms with Crippen molar-refractivity contribution in [3.05, 3.63) is 64.4 Å². The van der Waals surface area contributed by atoms with Crippen molar-refractivity contribution in [2.24, 2.45) is 0 Å². The van der Waals surface area contributed by atoms with E-state index >= 15 is 0 Å². The summed E-state index contributed by atoms with van der Waals surface area (Å²) >= 11 is 7.44. The molecular weight excluding hydrogens is 283 g/mol. The van der Waals surface area contributed by atoms with Crippen LogP contribution in [0.5, 0.6) is 0 Å². The van der Waals surface area contributed by atoms with Crippen LogP contribution in [0.25, 0.3) is 0 Å². The van der Waals surface area contributed by atoms with Gasteiger partial charge >= 0.3 is 0 Å². The molecule has 0 amide bonds. The molecule has 1 N–H and O–H groups in total. The van der Waals surface area contributed by atoms with Crippen LogP contribution in [0, 0.1) is 5.82 Å². The number of fused-ring (bicyclic) bond motifs is 1. The van der Waals surface area contributed by atoms with Crippen LogP contribution in [-0.2, 0) is 0 Å². The summed E-state index contributed by atoms with van der Waals surface area (Å²) < 4.78 is 13.9. The fourth-order valence-corrected chi connectivity index (χ4v) is 3.85. The highest BCUT2D eigenvalue weighted by molar-refractivity contribution is 7.99. The third-order valence-corrected chi connectivity index (χ3v) is 4.84. The second-order valence-corrected chi connectivity index (χ2v) is 6.06. The molecule has 2 unspecified atom stereocenters. The zero-order chi connectivity index (χ0) is 13.4. The van der Waals surface area contributed by atoms with Crippen LogP contribution in [0.15, 0.2) is 47.4 Å². The number of hydrogen-bond donors (Lipinski definition) is 1. The molecule has 0 aromatic heterocycles. The highest BCUT2D eigenvalue weighted by Crippen LogP contribution is 2.45. The SMILES string of the molecule is OC(c1ccc(Cl)cc1F)C1CSc2ccccc21. The molecule has 98 valence electrons. The highest BCUT2D eigenvalue weighted by Gasteiger charge is 2.31. The molecule has 0 radical (unpaired) electrons. The molecule has 0 saturated heterocycles. The molecular formula is C15H12ClFOS. The van der Waals surface area contributed by atoms with E-state index in [0.717, 1.165) is 11.3 Å². The number of rotatable bonds is 2. The summed E-state index contributed by atoms with van der Waals surface area (Å²) in [5.74, 6) is 0.244. The Hall–Kier alpha value is -1.03. The molecule has 2 aromatic carbocycles. The molecule has 4 heteroatoms. The van der Waals surface area contributed by atoms with Gasteiger partial charge in [0, 0.05) is 27.2 Å². The Morgan fingerprint density at radius 2 is 2.05 bits per heavy atom. The van der Waals surface area contributed by atoms with Gasteiger partial charge in [-0.05, 0) is 23.8 Å². The number of thioether (sulfide) groups is 1. The first-order valence-corrected chi connectivity index (χ1v) is 7.38. The van der Waals surface area contributed by atoms with Crippen molar-refractivity contribution in [1.82, 2.24) is 0 Å². The Morgan fingerprint density at radius 3 is 2.84 bits per heavy atom. The van der Waals surface area contributed by atoms with E-state index in [1.807, 2.05) is 24.3 Å². The Balaban J connectivity index is 1.95. The third kappa shape index (κ3) is 2.38. The van der Waals surface area contributed by atoms with Crippen LogP contribution < -0.4 is 0 Å². The lowest BCUT2D eigenvalue weighted by Crippen LogP contribution is -2.12. The van der Waals surface area contributed by atoms with E-state index in [0.29, 0.717) is 10.6 Å². The average Bonchev–Trinajstić information content (AvgIpc) is 2.82. The number of aliphatic hydroxyl groups is 1. The van der Waals surface area contributed by atoms with Gasteiger partial charge in [0.05, 0.1) is 6.10 Å². The summed E-state index contributed by atoms with van der Waals surface area (Å²) in [6, 6.07) is 12.4. The second kappa shape index (κ2) is 5.16. The van der Waals surface area contributed by atoms with E-state index in [1.165, 1.54) is 11.0 Å². The number of halogens is 2. The van der Waals surface area contributed by atoms with Gasteiger partial charge in [0.1, 0.15) is 5.82 Å². The van der Waals surface area contributed by atoms with E-state index < -0.39 is 11.9 Å². The maximum absolute atomic E-state index is 13.9. The van der Waals surface area contributed by atoms with Gasteiger partial charge in [-0.2, -0.15) is 0 Å². The molecule has 1 aliphatic rings. The standard InChI is InChI=1S/C15H12ClFOS/c16-9-5-6-11(13(17)7-9)15(18)12-8-19-14-4-2-1-3-10(12)14/h1-7,12,15,18H,8H2. The van der Waals surface area contributed by atoms with Gasteiger partial charge in [-0.15, -0.1) is 11.8 Å². The van der Waals surface area contributed by atoms with Crippen LogP contribution in [0.4, 0.5) is 4.39 Å². The predicted octanol–water partition coefficient (Wildman–Crippen LogP) is 4.40. The van der Waals surface area contributed by atoms with Crippen LogP contribution in [0.1, 0.15) is 23.1 Å². The molecule has 0 spiro atoms. The van der Waals surface area contributed by atoms with Crippen molar-refractivity contribution < 1.29 is 9.50 Å². The first-order chi connectivity index (χ1) is 9.16. The lowest BCUT2D eigenvalue weighted by molar-refractivity contribution is 0.149. The van der Waals surface area contributed by atoms with Crippen LogP contribution in [-0.4, -0.2) is 10.9 Å². The lowest BCUT2D eigenvalue weighted by atomic mass is 9.90. The van der Waals surface area contributed by atoms with Crippen molar-refractivity contribution >= 4 is 23.4 Å². The molecule has 0 aliphatic carbocycles. The molecule has 1 nitrogen and oxygen atoms in total. The van der Waals surface area contributed by atoms with Crippen molar-refractivity contribution in [2.45, 2.75) is 16.9 Å². The Bertz CT molecular complexity index is 617. The first-order valence-electron chi connectivity index (χ1n) is 6.01. The summed E-state index contributed by atoms with van der Waals surface area (Å²) in [6.45, 7) is 0. The summed E-state index contributed by atoms with van der Waals surface area (Å²) in [6.07, 6.45) is -0.839. The van der Waals surface area contributed by atoms with E-state index in [1.54, 1.807) is 23.9 Å². The van der Waals surface area contributed by atoms with Crippen molar-refractivity contribution in [1.29, 1.82) is 0 Å². The molecule has 2 aromatic rings. The molecule has 0 fully saturated rings. The summed E-state index contributed by atoms with van der Waals surface area (Å²) in [7, 11) is 0. The highest BCUT2D eigenvalue weighted by atomic mass is 35.5. The molecule has 1 aliphatic heterocycles. The van der Waals surface area contributed by atoms with E-state index in [2.05, 4.69) is 0 Å². The van der Waals surface area contributed by atoms with Crippen LogP contribution >= 0.6 is 23.4 Å². The number of benzene rings is 2. The molecule has 3 rings (SSSR count). The minimum Gasteiger partial charge on any atom is -0.388 e. The minimum absolute atomic E-state index is 0.0723. The van der Waals surface area contributed by atoms with Crippen molar-refractivity contribution in [3.63, 3.8) is 0 Å². The van der Waals surface area contributed by atoms with Crippen molar-refractivity contribution in [2.75, 3.05) is 5.75 Å². The molecule has 19 heavy (non-hydrogen) atoms. The van der Waals surface area contributed by atoms with Gasteiger partial charge in [0.2, 0.25) is 0 Å². The Kier molecular flexibility index (Phi) is 3.52. The molecule has 2 atom stereocenters. The normalized spacial score (nSPS) is 19.2. The van der Waals surface area contributed by atoms with E-state index in [-0.39, 0.29) is 5.92 Å². The maximum atomic E-state index is 13.9. The summed E-state index contributed by atoms with van der Waals surface area (Å²) in [5.41, 5.74) is 1.40. The van der Waals surface area contributed by atoms with E-state index in [4.69, 9.17) is 11.6 Å². The maximum Gasteiger partial charge on any atom is 0.130 e. The smallest absolute Gasteiger partial charge is 0.130 e. The number of hydrogen-bond acceptors (Lipinski definition) is 2. The molecule has 0 saturated carbocycles. The Labute approximate surface area is 120 Å². The third-order valence-electron chi connectivity index (χ3n) is 3.40. The monoisotopic (exact) mass is 294 g/mol. The topological polar surface area (TPSA) is 20.2 Å². The first kappa shape index (κ1) is 13.0. The van der Waals surface area contributed by atoms with Crippen molar-refractivity contribution in [3.8, 4) is 0 Å². The van der Waals surface area contributed by atoms with Gasteiger partial charge in [0.15, 0.2) is 0 Å². The zero-order valence-electron chi connectivity index (χ0n) is 10.0. The largest absolute Gasteiger partial charge is 0.388 e. The Morgan fingerprint density at radius 1 is 1.26 bits per heavy atom. The van der Waals surface area contributed by atoms with Crippen LogP contribution in [0.3, 0.4) is 0 Å². The van der Waals surface area contributed by atoms with Gasteiger partial charge in [-0.3, -0.25) is 0 Å². The van der Waals surface area contributed by atoms with E-state index in [9.17, 15) is 9.50 Å². The predicted molar refractivity (Wildman–Crippen MR) is 76.3 cm³/mol. The zero-order valence-corrected chi connectivity index (χ0v) is 11.6. The van der Waals surface area contributed by atoms with Gasteiger partial charge in [0.25, 0.3) is 0 Å². The fraction of sp³-hybridized carbons (Fsp3) is 0.200. The lowest BCUT2D eigenvalue weighted by Gasteiger charge is -2.19. The summed E-state index contributed by atoms with van der Waals surface area (Å²) in [5, 5.41) is 10.8. The van der Waals surface area contributed by atoms with Gasteiger partial charge in [-0.25, -0.2) is 4.39 Å². The fourth-order valence-electron chi connectivity index (χ4n) is 2.41. The number of aliphatic hydroxyl groups excluding tert-OH is 1. The van der Waals surface area contributed by atoms with Gasteiger partial charge < -0.3 is 5.11 Å². The van der Waals surface area contributed by atoms with Crippen LogP contribution in [0.2, 0.25) is 5.02 Å². The van der Waals surface area contributed by atoms with Gasteiger partial charge in [-0.1, -0.05) is 35.9 Å². The quantitative estimate of drug-likeness (QED) is 0.886. The molecule has 0 bridgehead atoms. The summed E-state index contributed by atoms with van der Waals surface area (Å²) in [4.78, 5) is 1.17. The minimum atomic E-state index is -0.839. The average molecular weight is 295 g/mol. The molecule has 1 heterocycles. The second-order valence-electron chi connectivity index (χ2n) is 4.57.